The van der Waals surface area contributed by atoms with Gasteiger partial charge in [0.05, 0.1) is 6.42 Å². The number of carboxylic acid groups (broad SMARTS) is 1. The average Bonchev–Trinajstić information content (AvgIpc) is 2.04. The second kappa shape index (κ2) is 6.33. The van der Waals surface area contributed by atoms with Crippen molar-refractivity contribution in [3.05, 3.63) is 0 Å². The summed E-state index contributed by atoms with van der Waals surface area (Å²) in [5, 5.41) is 10.9. The smallest absolute Gasteiger partial charge is 0.305 e. The molecule has 4 N–H and O–H groups in total. The summed E-state index contributed by atoms with van der Waals surface area (Å²) in [6.45, 7) is 1.68. The van der Waals surface area contributed by atoms with Crippen molar-refractivity contribution in [2.45, 2.75) is 25.5 Å². The van der Waals surface area contributed by atoms with Crippen molar-refractivity contribution in [3.63, 3.8) is 0 Å². The molecule has 0 saturated carbocycles. The van der Waals surface area contributed by atoms with Crippen LogP contribution >= 0.6 is 0 Å². The third kappa shape index (κ3) is 4.78. The van der Waals surface area contributed by atoms with E-state index in [0.717, 1.165) is 0 Å². The molecule has 0 aromatic heterocycles. The van der Waals surface area contributed by atoms with Gasteiger partial charge in [0.25, 0.3) is 5.91 Å². The molecule has 14 heavy (non-hydrogen) atoms. The van der Waals surface area contributed by atoms with E-state index in [9.17, 15) is 9.59 Å². The number of methoxy groups -OCH3 is 1. The van der Waals surface area contributed by atoms with E-state index in [1.54, 1.807) is 6.92 Å². The summed E-state index contributed by atoms with van der Waals surface area (Å²) < 4.78 is 4.78. The van der Waals surface area contributed by atoms with E-state index in [0.29, 0.717) is 0 Å². The monoisotopic (exact) mass is 204 g/mol. The number of ether oxygens (including phenoxy) is 1. The molecule has 1 amide bonds. The fraction of sp³-hybridized carbons (Fsp3) is 0.750. The lowest BCUT2D eigenvalue weighted by molar-refractivity contribution is -0.138. The molecule has 82 valence electrons. The maximum atomic E-state index is 11.3. The molecule has 0 aliphatic rings. The highest BCUT2D eigenvalue weighted by Gasteiger charge is 2.18. The van der Waals surface area contributed by atoms with Crippen LogP contribution in [0.15, 0.2) is 0 Å². The highest BCUT2D eigenvalue weighted by molar-refractivity contribution is 5.81. The lowest BCUT2D eigenvalue weighted by Gasteiger charge is -2.16. The van der Waals surface area contributed by atoms with Crippen molar-refractivity contribution in [2.75, 3.05) is 13.7 Å². The summed E-state index contributed by atoms with van der Waals surface area (Å²) in [4.78, 5) is 21.6. The molecule has 0 radical (unpaired) electrons. The second-order valence-corrected chi connectivity index (χ2v) is 2.97. The van der Waals surface area contributed by atoms with Crippen molar-refractivity contribution in [1.29, 1.82) is 0 Å². The molecule has 0 spiro atoms. The first-order valence-corrected chi connectivity index (χ1v) is 4.26. The predicted molar refractivity (Wildman–Crippen MR) is 49.7 cm³/mol. The van der Waals surface area contributed by atoms with Crippen molar-refractivity contribution < 1.29 is 19.4 Å². The summed E-state index contributed by atoms with van der Waals surface area (Å²) in [5.74, 6) is -1.34. The third-order valence-electron chi connectivity index (χ3n) is 1.66. The van der Waals surface area contributed by atoms with Gasteiger partial charge in [0.2, 0.25) is 0 Å². The standard InChI is InChI=1S/C8H16N2O4/c1-5(3-7(11)12)10-8(13)6(4-9)14-2/h5-6H,3-4,9H2,1-2H3,(H,10,13)(H,11,12). The fourth-order valence-corrected chi connectivity index (χ4v) is 0.959. The molecule has 2 atom stereocenters. The van der Waals surface area contributed by atoms with Crippen LogP contribution in [-0.4, -0.2) is 42.8 Å². The van der Waals surface area contributed by atoms with Crippen LogP contribution in [-0.2, 0) is 14.3 Å². The SMILES string of the molecule is COC(CN)C(=O)NC(C)CC(=O)O. The summed E-state index contributed by atoms with van der Waals surface area (Å²) in [6, 6.07) is -0.427. The van der Waals surface area contributed by atoms with Crippen LogP contribution in [0, 0.1) is 0 Å². The summed E-state index contributed by atoms with van der Waals surface area (Å²) in [5.41, 5.74) is 5.26. The Morgan fingerprint density at radius 3 is 2.50 bits per heavy atom. The van der Waals surface area contributed by atoms with Crippen LogP contribution in [0.2, 0.25) is 0 Å². The normalized spacial score (nSPS) is 14.5. The molecular formula is C8H16N2O4. The van der Waals surface area contributed by atoms with Crippen molar-refractivity contribution in [2.24, 2.45) is 5.73 Å². The van der Waals surface area contributed by atoms with Crippen molar-refractivity contribution in [1.82, 2.24) is 5.32 Å². The maximum absolute atomic E-state index is 11.3. The van der Waals surface area contributed by atoms with Gasteiger partial charge < -0.3 is 20.9 Å². The molecule has 0 rings (SSSR count). The highest BCUT2D eigenvalue weighted by Crippen LogP contribution is 1.93. The molecular weight excluding hydrogens is 188 g/mol. The first-order valence-electron chi connectivity index (χ1n) is 4.26. The predicted octanol–water partition coefficient (Wildman–Crippen LogP) is -1.06. The van der Waals surface area contributed by atoms with Crippen LogP contribution < -0.4 is 11.1 Å². The molecule has 0 aliphatic heterocycles. The first-order chi connectivity index (χ1) is 6.51. The number of nitrogens with two attached hydrogens (primary N) is 1. The van der Waals surface area contributed by atoms with Gasteiger partial charge in [-0.05, 0) is 6.92 Å². The van der Waals surface area contributed by atoms with Crippen LogP contribution in [0.1, 0.15) is 13.3 Å². The number of aliphatic carboxylic acids is 1. The Labute approximate surface area is 82.4 Å². The number of carbonyl (C=O) groups is 2. The van der Waals surface area contributed by atoms with E-state index in [-0.39, 0.29) is 18.9 Å². The Balaban J connectivity index is 3.97. The topological polar surface area (TPSA) is 102 Å². The minimum atomic E-state index is -0.959. The molecule has 2 unspecified atom stereocenters. The van der Waals surface area contributed by atoms with Gasteiger partial charge in [0.1, 0.15) is 6.10 Å². The quantitative estimate of drug-likeness (QED) is 0.512. The van der Waals surface area contributed by atoms with E-state index in [2.05, 4.69) is 5.32 Å². The van der Waals surface area contributed by atoms with Crippen LogP contribution in [0.3, 0.4) is 0 Å². The Bertz CT molecular complexity index is 204. The van der Waals surface area contributed by atoms with Gasteiger partial charge >= 0.3 is 5.97 Å². The summed E-state index contributed by atoms with van der Waals surface area (Å²) in [6.07, 6.45) is -0.835. The van der Waals surface area contributed by atoms with Crippen LogP contribution in [0.4, 0.5) is 0 Å². The molecule has 6 heteroatoms. The van der Waals surface area contributed by atoms with Gasteiger partial charge in [-0.2, -0.15) is 0 Å². The molecule has 0 fully saturated rings. The number of hydrogen-bond donors (Lipinski definition) is 3. The van der Waals surface area contributed by atoms with E-state index in [4.69, 9.17) is 15.6 Å². The van der Waals surface area contributed by atoms with Crippen molar-refractivity contribution in [3.8, 4) is 0 Å². The number of rotatable bonds is 6. The molecule has 0 saturated heterocycles. The van der Waals surface area contributed by atoms with Gasteiger partial charge in [-0.15, -0.1) is 0 Å². The van der Waals surface area contributed by atoms with Gasteiger partial charge in [-0.1, -0.05) is 0 Å². The van der Waals surface area contributed by atoms with Crippen LogP contribution in [0.5, 0.6) is 0 Å². The lowest BCUT2D eigenvalue weighted by atomic mass is 10.2. The highest BCUT2D eigenvalue weighted by atomic mass is 16.5. The van der Waals surface area contributed by atoms with E-state index >= 15 is 0 Å². The minimum absolute atomic E-state index is 0.0716. The Morgan fingerprint density at radius 1 is 1.57 bits per heavy atom. The Kier molecular flexibility index (Phi) is 5.82. The fourth-order valence-electron chi connectivity index (χ4n) is 0.959. The molecule has 0 aliphatic carbocycles. The number of hydrogen-bond acceptors (Lipinski definition) is 4. The molecule has 6 nitrogen and oxygen atoms in total. The van der Waals surface area contributed by atoms with E-state index in [1.807, 2.05) is 0 Å². The lowest BCUT2D eigenvalue weighted by Crippen LogP contribution is -2.44. The summed E-state index contributed by atoms with van der Waals surface area (Å²) in [7, 11) is 1.37. The third-order valence-corrected chi connectivity index (χ3v) is 1.66. The number of carboxylic acids is 1. The largest absolute Gasteiger partial charge is 0.481 e. The van der Waals surface area contributed by atoms with Crippen LogP contribution in [0.25, 0.3) is 0 Å². The molecule has 0 aromatic carbocycles. The number of amides is 1. The van der Waals surface area contributed by atoms with Crippen molar-refractivity contribution >= 4 is 11.9 Å². The molecule has 0 bridgehead atoms. The van der Waals surface area contributed by atoms with E-state index < -0.39 is 18.1 Å². The van der Waals surface area contributed by atoms with E-state index in [1.165, 1.54) is 7.11 Å². The van der Waals surface area contributed by atoms with Gasteiger partial charge in [-0.25, -0.2) is 0 Å². The summed E-state index contributed by atoms with van der Waals surface area (Å²) >= 11 is 0. The van der Waals surface area contributed by atoms with Gasteiger partial charge in [-0.3, -0.25) is 9.59 Å². The molecule has 0 heterocycles. The Hall–Kier alpha value is -1.14. The molecule has 0 aromatic rings. The number of nitrogens with one attached hydrogen (secondary N) is 1. The number of carbonyl (C=O) groups excluding carboxylic acids is 1. The second-order valence-electron chi connectivity index (χ2n) is 2.97. The first kappa shape index (κ1) is 12.9. The zero-order chi connectivity index (χ0) is 11.1. The average molecular weight is 204 g/mol. The Morgan fingerprint density at radius 2 is 2.14 bits per heavy atom. The maximum Gasteiger partial charge on any atom is 0.305 e. The van der Waals surface area contributed by atoms with Gasteiger partial charge in [0.15, 0.2) is 0 Å². The van der Waals surface area contributed by atoms with Gasteiger partial charge in [0, 0.05) is 19.7 Å². The zero-order valence-corrected chi connectivity index (χ0v) is 8.32. The minimum Gasteiger partial charge on any atom is -0.481 e. The zero-order valence-electron chi connectivity index (χ0n) is 8.32.